The Hall–Kier alpha value is -2.63. The van der Waals surface area contributed by atoms with Gasteiger partial charge >= 0.3 is 17.9 Å². The van der Waals surface area contributed by atoms with Gasteiger partial charge in [0, 0.05) is 19.3 Å². The fourth-order valence-corrected chi connectivity index (χ4v) is 11.3. The number of hydrogen-bond donors (Lipinski definition) is 0. The molecule has 6 heteroatoms. The molecule has 0 radical (unpaired) electrons. The van der Waals surface area contributed by atoms with Crippen LogP contribution >= 0.6 is 0 Å². The minimum atomic E-state index is -0.780. The fraction of sp³-hybridized carbons (Fsp3) is 0.857. The molecule has 0 aliphatic rings. The Balaban J connectivity index is 4.27. The van der Waals surface area contributed by atoms with Gasteiger partial charge in [-0.05, 0) is 57.8 Å². The second-order valence-electron chi connectivity index (χ2n) is 25.2. The van der Waals surface area contributed by atoms with E-state index in [9.17, 15) is 14.4 Å². The summed E-state index contributed by atoms with van der Waals surface area (Å²) in [6, 6.07) is 0. The van der Waals surface area contributed by atoms with E-state index in [1.807, 2.05) is 0 Å². The van der Waals surface area contributed by atoms with Gasteiger partial charge in [0.05, 0.1) is 0 Å². The van der Waals surface area contributed by atoms with Crippen LogP contribution in [0.1, 0.15) is 406 Å². The quantitative estimate of drug-likeness (QED) is 0.0261. The lowest BCUT2D eigenvalue weighted by molar-refractivity contribution is -0.167. The zero-order valence-electron chi connectivity index (χ0n) is 56.0. The van der Waals surface area contributed by atoms with E-state index in [-0.39, 0.29) is 31.1 Å². The summed E-state index contributed by atoms with van der Waals surface area (Å²) in [5, 5.41) is 0. The highest BCUT2D eigenvalue weighted by Gasteiger charge is 2.20. The molecule has 0 spiro atoms. The minimum absolute atomic E-state index is 0.0735. The molecule has 0 bridgehead atoms. The van der Waals surface area contributed by atoms with Gasteiger partial charge in [0.2, 0.25) is 0 Å². The van der Waals surface area contributed by atoms with Crippen LogP contribution in [-0.4, -0.2) is 37.2 Å². The average Bonchev–Trinajstić information content (AvgIpc) is 3.50. The molecule has 1 unspecified atom stereocenters. The highest BCUT2D eigenvalue weighted by molar-refractivity contribution is 5.71. The number of ether oxygens (including phenoxy) is 3. The SMILES string of the molecule is CC/C=C\C/C=C\C/C=C\C/C=C\CCCCCCCCC(=O)OC(COC(=O)CCCCCCCCCCCCCCCCCCCCC)COC(=O)CCCCCCCCCCCCCCCCCCCCCCCCCCCCC. The smallest absolute Gasteiger partial charge is 0.306 e. The highest BCUT2D eigenvalue weighted by Crippen LogP contribution is 2.19. The molecule has 0 amide bonds. The lowest BCUT2D eigenvalue weighted by atomic mass is 10.0. The summed E-state index contributed by atoms with van der Waals surface area (Å²) in [6.07, 6.45) is 91.5. The van der Waals surface area contributed by atoms with Crippen LogP contribution in [0.4, 0.5) is 0 Å². The predicted molar refractivity (Wildman–Crippen MR) is 362 cm³/mol. The number of carbonyl (C=O) groups excluding carboxylic acids is 3. The summed E-state index contributed by atoms with van der Waals surface area (Å²) >= 11 is 0. The molecule has 0 aliphatic carbocycles. The van der Waals surface area contributed by atoms with Crippen LogP contribution in [0.25, 0.3) is 0 Å². The number of esters is 3. The van der Waals surface area contributed by atoms with E-state index in [1.165, 1.54) is 270 Å². The zero-order valence-corrected chi connectivity index (χ0v) is 56.0. The molecule has 0 aliphatic heterocycles. The highest BCUT2D eigenvalue weighted by atomic mass is 16.6. The minimum Gasteiger partial charge on any atom is -0.462 e. The van der Waals surface area contributed by atoms with Crippen molar-refractivity contribution in [3.05, 3.63) is 48.6 Å². The number of unbranched alkanes of at least 4 members (excludes halogenated alkanes) is 50. The third kappa shape index (κ3) is 70.0. The Morgan fingerprint density at radius 2 is 0.470 bits per heavy atom. The molecular weight excluding hydrogens is 1020 g/mol. The molecule has 0 rings (SSSR count). The zero-order chi connectivity index (χ0) is 59.9. The van der Waals surface area contributed by atoms with Gasteiger partial charge < -0.3 is 14.2 Å². The maximum atomic E-state index is 13.0. The van der Waals surface area contributed by atoms with Crippen molar-refractivity contribution in [2.45, 2.75) is 412 Å². The van der Waals surface area contributed by atoms with Crippen LogP contribution in [0.2, 0.25) is 0 Å². The van der Waals surface area contributed by atoms with E-state index < -0.39 is 6.10 Å². The number of hydrogen-bond acceptors (Lipinski definition) is 6. The van der Waals surface area contributed by atoms with Crippen LogP contribution in [0, 0.1) is 0 Å². The van der Waals surface area contributed by atoms with E-state index in [1.54, 1.807) is 0 Å². The molecule has 6 nitrogen and oxygen atoms in total. The Bertz CT molecular complexity index is 1430. The Morgan fingerprint density at radius 3 is 0.735 bits per heavy atom. The maximum absolute atomic E-state index is 13.0. The van der Waals surface area contributed by atoms with Gasteiger partial charge in [-0.15, -0.1) is 0 Å². The van der Waals surface area contributed by atoms with Crippen LogP contribution in [0.5, 0.6) is 0 Å². The molecule has 1 atom stereocenters. The molecule has 0 aromatic rings. The van der Waals surface area contributed by atoms with Crippen LogP contribution in [-0.2, 0) is 28.6 Å². The molecule has 83 heavy (non-hydrogen) atoms. The van der Waals surface area contributed by atoms with Crippen molar-refractivity contribution in [2.24, 2.45) is 0 Å². The normalized spacial score (nSPS) is 12.3. The van der Waals surface area contributed by atoms with Crippen molar-refractivity contribution >= 4 is 17.9 Å². The maximum Gasteiger partial charge on any atom is 0.306 e. The third-order valence-electron chi connectivity index (χ3n) is 16.8. The van der Waals surface area contributed by atoms with Gasteiger partial charge in [-0.3, -0.25) is 14.4 Å². The first-order chi connectivity index (χ1) is 41.0. The lowest BCUT2D eigenvalue weighted by Gasteiger charge is -2.18. The van der Waals surface area contributed by atoms with Crippen LogP contribution in [0.3, 0.4) is 0 Å². The van der Waals surface area contributed by atoms with Gasteiger partial charge in [0.1, 0.15) is 13.2 Å². The second-order valence-corrected chi connectivity index (χ2v) is 25.2. The molecule has 0 fully saturated rings. The Kier molecular flexibility index (Phi) is 69.6. The van der Waals surface area contributed by atoms with Crippen LogP contribution in [0.15, 0.2) is 48.6 Å². The molecule has 0 saturated heterocycles. The molecule has 0 N–H and O–H groups in total. The van der Waals surface area contributed by atoms with E-state index in [2.05, 4.69) is 69.4 Å². The van der Waals surface area contributed by atoms with E-state index in [4.69, 9.17) is 14.2 Å². The Morgan fingerprint density at radius 1 is 0.253 bits per heavy atom. The summed E-state index contributed by atoms with van der Waals surface area (Å²) in [6.45, 7) is 6.60. The molecule has 0 heterocycles. The summed E-state index contributed by atoms with van der Waals surface area (Å²) in [4.78, 5) is 38.5. The first kappa shape index (κ1) is 80.4. The monoisotopic (exact) mass is 1160 g/mol. The van der Waals surface area contributed by atoms with Gasteiger partial charge in [-0.2, -0.15) is 0 Å². The van der Waals surface area contributed by atoms with E-state index in [0.717, 1.165) is 96.3 Å². The van der Waals surface area contributed by atoms with E-state index >= 15 is 0 Å². The van der Waals surface area contributed by atoms with Crippen molar-refractivity contribution in [1.82, 2.24) is 0 Å². The van der Waals surface area contributed by atoms with E-state index in [0.29, 0.717) is 19.3 Å². The average molecular weight is 1160 g/mol. The summed E-state index contributed by atoms with van der Waals surface area (Å²) in [5.74, 6) is -0.856. The van der Waals surface area contributed by atoms with Gasteiger partial charge in [0.15, 0.2) is 6.10 Å². The standard InChI is InChI=1S/C77H142O6/c1-4-7-10-13-16-19-22-25-28-31-34-35-36-37-38-39-40-41-44-46-49-52-55-58-61-64-67-70-76(79)82-73-74(83-77(80)71-68-65-62-59-56-53-50-47-43-33-30-27-24-21-18-15-12-9-6-3)72-81-75(78)69-66-63-60-57-54-51-48-45-42-32-29-26-23-20-17-14-11-8-5-2/h9,12,18,21,27,30,43,47,74H,4-8,10-11,13-17,19-20,22-26,28-29,31-42,44-46,48-73H2,1-3H3/b12-9-,21-18-,30-27-,47-43-. The molecular formula is C77H142O6. The number of carbonyl (C=O) groups is 3. The first-order valence-corrected chi connectivity index (χ1v) is 37.1. The van der Waals surface area contributed by atoms with Crippen molar-refractivity contribution in [1.29, 1.82) is 0 Å². The third-order valence-corrected chi connectivity index (χ3v) is 16.8. The van der Waals surface area contributed by atoms with Gasteiger partial charge in [0.25, 0.3) is 0 Å². The summed E-state index contributed by atoms with van der Waals surface area (Å²) < 4.78 is 17.0. The van der Waals surface area contributed by atoms with Crippen molar-refractivity contribution in [3.8, 4) is 0 Å². The molecule has 486 valence electrons. The Labute approximate surface area is 518 Å². The molecule has 0 saturated carbocycles. The summed E-state index contributed by atoms with van der Waals surface area (Å²) in [5.41, 5.74) is 0. The molecule has 0 aromatic carbocycles. The predicted octanol–water partition coefficient (Wildman–Crippen LogP) is 25.7. The molecule has 0 aromatic heterocycles. The van der Waals surface area contributed by atoms with Gasteiger partial charge in [-0.25, -0.2) is 0 Å². The van der Waals surface area contributed by atoms with Gasteiger partial charge in [-0.1, -0.05) is 378 Å². The van der Waals surface area contributed by atoms with Crippen LogP contribution < -0.4 is 0 Å². The topological polar surface area (TPSA) is 78.9 Å². The van der Waals surface area contributed by atoms with Crippen molar-refractivity contribution in [3.63, 3.8) is 0 Å². The first-order valence-electron chi connectivity index (χ1n) is 37.1. The number of allylic oxidation sites excluding steroid dienone is 8. The lowest BCUT2D eigenvalue weighted by Crippen LogP contribution is -2.30. The van der Waals surface area contributed by atoms with Crippen molar-refractivity contribution in [2.75, 3.05) is 13.2 Å². The fourth-order valence-electron chi connectivity index (χ4n) is 11.3. The van der Waals surface area contributed by atoms with Crippen molar-refractivity contribution < 1.29 is 28.6 Å². The summed E-state index contributed by atoms with van der Waals surface area (Å²) in [7, 11) is 0. The second kappa shape index (κ2) is 71.8. The number of rotatable bonds is 69. The largest absolute Gasteiger partial charge is 0.462 e.